The molecule has 0 spiro atoms. The van der Waals surface area contributed by atoms with E-state index < -0.39 is 0 Å². The second-order valence-electron chi connectivity index (χ2n) is 7.61. The van der Waals surface area contributed by atoms with E-state index in [2.05, 4.69) is 6.92 Å². The molecule has 170 valence electrons. The van der Waals surface area contributed by atoms with Gasteiger partial charge in [-0.2, -0.15) is 0 Å². The van der Waals surface area contributed by atoms with E-state index in [4.69, 9.17) is 32.7 Å². The number of hydrogen-bond donors (Lipinski definition) is 0. The first-order valence-corrected chi connectivity index (χ1v) is 12.0. The van der Waals surface area contributed by atoms with E-state index >= 15 is 0 Å². The van der Waals surface area contributed by atoms with Crippen LogP contribution < -0.4 is 0 Å². The minimum Gasteiger partial charge on any atom is -0.466 e. The highest BCUT2D eigenvalue weighted by molar-refractivity contribution is 6.35. The number of halogens is 2. The number of ether oxygens (including phenoxy) is 2. The molecule has 0 radical (unpaired) electrons. The summed E-state index contributed by atoms with van der Waals surface area (Å²) in [6.45, 7) is 2.96. The van der Waals surface area contributed by atoms with Crippen molar-refractivity contribution in [3.63, 3.8) is 0 Å². The summed E-state index contributed by atoms with van der Waals surface area (Å²) in [6.07, 6.45) is 12.5. The molecule has 0 fully saturated rings. The molecular weight excluding hydrogens is 423 g/mol. The third kappa shape index (κ3) is 13.9. The third-order valence-corrected chi connectivity index (χ3v) is 5.51. The van der Waals surface area contributed by atoms with Gasteiger partial charge in [0.05, 0.1) is 13.2 Å². The average Bonchev–Trinajstić information content (AvgIpc) is 2.71. The first-order valence-electron chi connectivity index (χ1n) is 11.3. The van der Waals surface area contributed by atoms with Gasteiger partial charge >= 0.3 is 11.9 Å². The van der Waals surface area contributed by atoms with Gasteiger partial charge in [0.15, 0.2) is 0 Å². The van der Waals surface area contributed by atoms with Crippen molar-refractivity contribution in [3.05, 3.63) is 33.8 Å². The minimum atomic E-state index is -0.313. The Kier molecular flexibility index (Phi) is 15.6. The van der Waals surface area contributed by atoms with Crippen LogP contribution >= 0.6 is 23.2 Å². The number of hydrogen-bond acceptors (Lipinski definition) is 4. The molecular formula is C24H36Cl2O4. The average molecular weight is 459 g/mol. The van der Waals surface area contributed by atoms with E-state index in [9.17, 15) is 9.59 Å². The lowest BCUT2D eigenvalue weighted by Gasteiger charge is -2.07. The van der Waals surface area contributed by atoms with Crippen molar-refractivity contribution >= 4 is 35.1 Å². The predicted octanol–water partition coefficient (Wildman–Crippen LogP) is 7.32. The number of unbranched alkanes of at least 4 members (excludes halogenated alkanes) is 8. The largest absolute Gasteiger partial charge is 0.466 e. The Bertz CT molecular complexity index is 619. The van der Waals surface area contributed by atoms with E-state index in [1.165, 1.54) is 44.9 Å². The molecule has 0 amide bonds. The smallest absolute Gasteiger partial charge is 0.305 e. The number of carbonyl (C=O) groups is 2. The fourth-order valence-corrected chi connectivity index (χ4v) is 3.62. The second-order valence-corrected chi connectivity index (χ2v) is 8.45. The Morgan fingerprint density at radius 2 is 1.33 bits per heavy atom. The van der Waals surface area contributed by atoms with Crippen LogP contribution in [0.15, 0.2) is 18.2 Å². The van der Waals surface area contributed by atoms with Crippen molar-refractivity contribution in [1.29, 1.82) is 0 Å². The van der Waals surface area contributed by atoms with Gasteiger partial charge in [-0.15, -0.1) is 0 Å². The summed E-state index contributed by atoms with van der Waals surface area (Å²) in [5.74, 6) is -0.554. The molecule has 6 heteroatoms. The highest BCUT2D eigenvalue weighted by Gasteiger charge is 2.08. The van der Waals surface area contributed by atoms with Crippen LogP contribution in [0.25, 0.3) is 0 Å². The van der Waals surface area contributed by atoms with E-state index in [1.807, 2.05) is 6.07 Å². The predicted molar refractivity (Wildman–Crippen MR) is 123 cm³/mol. The first-order chi connectivity index (χ1) is 14.5. The second kappa shape index (κ2) is 17.4. The topological polar surface area (TPSA) is 52.6 Å². The molecule has 0 saturated heterocycles. The normalized spacial score (nSPS) is 10.8. The minimum absolute atomic E-state index is 0.210. The van der Waals surface area contributed by atoms with E-state index in [0.29, 0.717) is 29.5 Å². The molecule has 0 N–H and O–H groups in total. The Morgan fingerprint density at radius 3 is 1.93 bits per heavy atom. The number of benzene rings is 1. The van der Waals surface area contributed by atoms with Gasteiger partial charge in [-0.3, -0.25) is 9.59 Å². The van der Waals surface area contributed by atoms with Gasteiger partial charge in [-0.1, -0.05) is 87.6 Å². The quantitative estimate of drug-likeness (QED) is 0.181. The van der Waals surface area contributed by atoms with Crippen molar-refractivity contribution in [1.82, 2.24) is 0 Å². The SMILES string of the molecule is CCCCCCCCCCCOC(=O)CCCC(=O)OCCc1ccc(Cl)cc1Cl. The first kappa shape index (κ1) is 26.8. The Morgan fingerprint density at radius 1 is 0.767 bits per heavy atom. The fraction of sp³-hybridized carbons (Fsp3) is 0.667. The van der Waals surface area contributed by atoms with Crippen LogP contribution in [-0.2, 0) is 25.5 Å². The van der Waals surface area contributed by atoms with E-state index in [-0.39, 0.29) is 31.4 Å². The summed E-state index contributed by atoms with van der Waals surface area (Å²) in [5.41, 5.74) is 0.883. The maximum absolute atomic E-state index is 11.8. The fourth-order valence-electron chi connectivity index (χ4n) is 3.12. The highest BCUT2D eigenvalue weighted by atomic mass is 35.5. The molecule has 0 saturated carbocycles. The number of esters is 2. The van der Waals surface area contributed by atoms with E-state index in [1.54, 1.807) is 12.1 Å². The van der Waals surface area contributed by atoms with E-state index in [0.717, 1.165) is 18.4 Å². The van der Waals surface area contributed by atoms with Crippen LogP contribution in [0.2, 0.25) is 10.0 Å². The van der Waals surface area contributed by atoms with Gasteiger partial charge in [-0.25, -0.2) is 0 Å². The maximum atomic E-state index is 11.8. The zero-order valence-electron chi connectivity index (χ0n) is 18.2. The van der Waals surface area contributed by atoms with Crippen molar-refractivity contribution in [2.75, 3.05) is 13.2 Å². The Balaban J connectivity index is 1.95. The van der Waals surface area contributed by atoms with Crippen LogP contribution in [-0.4, -0.2) is 25.2 Å². The lowest BCUT2D eigenvalue weighted by Crippen LogP contribution is -2.10. The molecule has 0 aliphatic carbocycles. The molecule has 0 bridgehead atoms. The van der Waals surface area contributed by atoms with Crippen molar-refractivity contribution in [2.24, 2.45) is 0 Å². The van der Waals surface area contributed by atoms with Crippen LogP contribution in [0.1, 0.15) is 89.5 Å². The van der Waals surface area contributed by atoms with Crippen molar-refractivity contribution < 1.29 is 19.1 Å². The van der Waals surface area contributed by atoms with Gasteiger partial charge in [0, 0.05) is 29.3 Å². The molecule has 0 atom stereocenters. The molecule has 0 aliphatic heterocycles. The van der Waals surface area contributed by atoms with Crippen LogP contribution in [0.3, 0.4) is 0 Å². The van der Waals surface area contributed by atoms with Gasteiger partial charge in [0.25, 0.3) is 0 Å². The lowest BCUT2D eigenvalue weighted by atomic mass is 10.1. The molecule has 0 aliphatic rings. The molecule has 0 heterocycles. The molecule has 4 nitrogen and oxygen atoms in total. The van der Waals surface area contributed by atoms with Crippen LogP contribution in [0.5, 0.6) is 0 Å². The summed E-state index contributed by atoms with van der Waals surface area (Å²) in [6, 6.07) is 5.24. The lowest BCUT2D eigenvalue weighted by molar-refractivity contribution is -0.145. The monoisotopic (exact) mass is 458 g/mol. The molecule has 1 rings (SSSR count). The Hall–Kier alpha value is -1.26. The number of rotatable bonds is 17. The summed E-state index contributed by atoms with van der Waals surface area (Å²) >= 11 is 11.9. The van der Waals surface area contributed by atoms with Gasteiger partial charge in [0.2, 0.25) is 0 Å². The zero-order chi connectivity index (χ0) is 22.0. The molecule has 1 aromatic rings. The van der Waals surface area contributed by atoms with Gasteiger partial charge < -0.3 is 9.47 Å². The molecule has 1 aromatic carbocycles. The zero-order valence-corrected chi connectivity index (χ0v) is 19.7. The summed E-state index contributed by atoms with van der Waals surface area (Å²) in [4.78, 5) is 23.5. The van der Waals surface area contributed by atoms with Gasteiger partial charge in [-0.05, 0) is 30.5 Å². The van der Waals surface area contributed by atoms with Crippen molar-refractivity contribution in [2.45, 2.75) is 90.4 Å². The van der Waals surface area contributed by atoms with Crippen molar-refractivity contribution in [3.8, 4) is 0 Å². The highest BCUT2D eigenvalue weighted by Crippen LogP contribution is 2.21. The standard InChI is InChI=1S/C24H36Cl2O4/c1-2-3-4-5-6-7-8-9-10-17-29-23(27)12-11-13-24(28)30-18-16-20-14-15-21(25)19-22(20)26/h14-15,19H,2-13,16-18H2,1H3. The third-order valence-electron chi connectivity index (χ3n) is 4.92. The summed E-state index contributed by atoms with van der Waals surface area (Å²) in [7, 11) is 0. The van der Waals surface area contributed by atoms with Crippen LogP contribution in [0.4, 0.5) is 0 Å². The molecule has 0 unspecified atom stereocenters. The maximum Gasteiger partial charge on any atom is 0.305 e. The Labute approximate surface area is 191 Å². The number of carbonyl (C=O) groups excluding carboxylic acids is 2. The van der Waals surface area contributed by atoms with Crippen LogP contribution in [0, 0.1) is 0 Å². The van der Waals surface area contributed by atoms with Gasteiger partial charge in [0.1, 0.15) is 0 Å². The molecule has 30 heavy (non-hydrogen) atoms. The summed E-state index contributed by atoms with van der Waals surface area (Å²) in [5, 5.41) is 1.14. The molecule has 0 aromatic heterocycles. The summed E-state index contributed by atoms with van der Waals surface area (Å²) < 4.78 is 10.4.